The minimum absolute atomic E-state index is 0.0127. The largest absolute Gasteiger partial charge is 0.288 e. The molecule has 1 aromatic heterocycles. The molecule has 2 rings (SSSR count). The van der Waals surface area contributed by atoms with Crippen molar-refractivity contribution < 1.29 is 4.79 Å². The Morgan fingerprint density at radius 2 is 1.93 bits per heavy atom. The number of hydrogen-bond donors (Lipinski definition) is 0. The van der Waals surface area contributed by atoms with Crippen LogP contribution in [0.3, 0.4) is 0 Å². The van der Waals surface area contributed by atoms with Crippen LogP contribution in [0, 0.1) is 0 Å². The highest BCUT2D eigenvalue weighted by molar-refractivity contribution is 6.08. The summed E-state index contributed by atoms with van der Waals surface area (Å²) in [7, 11) is 1.79. The second-order valence-electron chi connectivity index (χ2n) is 3.10. The van der Waals surface area contributed by atoms with E-state index in [1.807, 2.05) is 18.2 Å². The van der Waals surface area contributed by atoms with Crippen LogP contribution in [0.1, 0.15) is 15.9 Å². The summed E-state index contributed by atoms with van der Waals surface area (Å²) < 4.78 is 1.62. The van der Waals surface area contributed by atoms with E-state index in [1.165, 1.54) is 0 Å². The van der Waals surface area contributed by atoms with Gasteiger partial charge in [0.1, 0.15) is 0 Å². The fourth-order valence-electron chi connectivity index (χ4n) is 1.29. The summed E-state index contributed by atoms with van der Waals surface area (Å²) in [5, 5.41) is 3.96. The highest BCUT2D eigenvalue weighted by atomic mass is 16.1. The van der Waals surface area contributed by atoms with Crippen molar-refractivity contribution in [3.05, 3.63) is 53.9 Å². The molecule has 14 heavy (non-hydrogen) atoms. The first-order chi connectivity index (χ1) is 6.77. The lowest BCUT2D eigenvalue weighted by atomic mass is 10.1. The lowest BCUT2D eigenvalue weighted by molar-refractivity contribution is 0.103. The molecule has 0 spiro atoms. The molecule has 0 aliphatic carbocycles. The van der Waals surface area contributed by atoms with Crippen molar-refractivity contribution in [2.75, 3.05) is 0 Å². The SMILES string of the molecule is Cn1cc(C(=O)c2ccccc2)cn1. The highest BCUT2D eigenvalue weighted by Gasteiger charge is 2.09. The predicted molar refractivity (Wildman–Crippen MR) is 53.1 cm³/mol. The van der Waals surface area contributed by atoms with E-state index in [2.05, 4.69) is 5.10 Å². The maximum Gasteiger partial charge on any atom is 0.196 e. The summed E-state index contributed by atoms with van der Waals surface area (Å²) in [6.07, 6.45) is 3.30. The Labute approximate surface area is 82.0 Å². The fourth-order valence-corrected chi connectivity index (χ4v) is 1.29. The molecular weight excluding hydrogens is 176 g/mol. The van der Waals surface area contributed by atoms with Crippen molar-refractivity contribution in [1.82, 2.24) is 9.78 Å². The van der Waals surface area contributed by atoms with Gasteiger partial charge in [-0.3, -0.25) is 9.48 Å². The number of benzene rings is 1. The zero-order chi connectivity index (χ0) is 9.97. The first kappa shape index (κ1) is 8.69. The average molecular weight is 186 g/mol. The summed E-state index contributed by atoms with van der Waals surface area (Å²) in [6.45, 7) is 0. The molecule has 1 aromatic carbocycles. The lowest BCUT2D eigenvalue weighted by Crippen LogP contribution is -1.99. The molecular formula is C11H10N2O. The van der Waals surface area contributed by atoms with Crippen molar-refractivity contribution in [3.8, 4) is 0 Å². The number of nitrogens with zero attached hydrogens (tertiary/aromatic N) is 2. The number of aryl methyl sites for hydroxylation is 1. The Balaban J connectivity index is 2.34. The normalized spacial score (nSPS) is 10.1. The van der Waals surface area contributed by atoms with Crippen molar-refractivity contribution in [2.45, 2.75) is 0 Å². The molecule has 3 heteroatoms. The van der Waals surface area contributed by atoms with E-state index in [-0.39, 0.29) is 5.78 Å². The maximum absolute atomic E-state index is 11.8. The molecule has 0 saturated carbocycles. The van der Waals surface area contributed by atoms with Gasteiger partial charge in [-0.05, 0) is 0 Å². The van der Waals surface area contributed by atoms with E-state index in [0.717, 1.165) is 0 Å². The van der Waals surface area contributed by atoms with E-state index in [9.17, 15) is 4.79 Å². The van der Waals surface area contributed by atoms with E-state index in [0.29, 0.717) is 11.1 Å². The Bertz CT molecular complexity index is 445. The Morgan fingerprint density at radius 1 is 1.21 bits per heavy atom. The zero-order valence-electron chi connectivity index (χ0n) is 7.84. The van der Waals surface area contributed by atoms with Crippen molar-refractivity contribution in [3.63, 3.8) is 0 Å². The van der Waals surface area contributed by atoms with E-state index in [1.54, 1.807) is 36.3 Å². The first-order valence-electron chi connectivity index (χ1n) is 4.36. The molecule has 3 nitrogen and oxygen atoms in total. The number of carbonyl (C=O) groups excluding carboxylic acids is 1. The number of carbonyl (C=O) groups is 1. The standard InChI is InChI=1S/C11H10N2O/c1-13-8-10(7-12-13)11(14)9-5-3-2-4-6-9/h2-8H,1H3. The molecule has 0 unspecified atom stereocenters. The molecule has 0 aliphatic heterocycles. The van der Waals surface area contributed by atoms with Crippen LogP contribution < -0.4 is 0 Å². The maximum atomic E-state index is 11.8. The van der Waals surface area contributed by atoms with Crippen molar-refractivity contribution in [2.24, 2.45) is 7.05 Å². The van der Waals surface area contributed by atoms with Gasteiger partial charge in [0.15, 0.2) is 5.78 Å². The summed E-state index contributed by atoms with van der Waals surface area (Å²) in [5.74, 6) is 0.0127. The third kappa shape index (κ3) is 1.57. The number of rotatable bonds is 2. The molecule has 0 N–H and O–H groups in total. The van der Waals surface area contributed by atoms with Gasteiger partial charge in [-0.25, -0.2) is 0 Å². The molecule has 0 radical (unpaired) electrons. The van der Waals surface area contributed by atoms with Crippen LogP contribution in [0.5, 0.6) is 0 Å². The third-order valence-electron chi connectivity index (χ3n) is 2.00. The van der Waals surface area contributed by atoms with Gasteiger partial charge in [-0.1, -0.05) is 30.3 Å². The van der Waals surface area contributed by atoms with Gasteiger partial charge < -0.3 is 0 Å². The topological polar surface area (TPSA) is 34.9 Å². The lowest BCUT2D eigenvalue weighted by Gasteiger charge is -1.95. The number of aromatic nitrogens is 2. The van der Waals surface area contributed by atoms with Crippen molar-refractivity contribution >= 4 is 5.78 Å². The van der Waals surface area contributed by atoms with Crippen LogP contribution >= 0.6 is 0 Å². The van der Waals surface area contributed by atoms with Crippen LogP contribution in [0.2, 0.25) is 0 Å². The van der Waals surface area contributed by atoms with Gasteiger partial charge >= 0.3 is 0 Å². The molecule has 0 saturated heterocycles. The van der Waals surface area contributed by atoms with Gasteiger partial charge in [0.25, 0.3) is 0 Å². The number of ketones is 1. The third-order valence-corrected chi connectivity index (χ3v) is 2.00. The van der Waals surface area contributed by atoms with Gasteiger partial charge in [0, 0.05) is 18.8 Å². The first-order valence-corrected chi connectivity index (χ1v) is 4.36. The molecule has 2 aromatic rings. The van der Waals surface area contributed by atoms with Crippen LogP contribution in [0.15, 0.2) is 42.7 Å². The predicted octanol–water partition coefficient (Wildman–Crippen LogP) is 1.65. The van der Waals surface area contributed by atoms with Gasteiger partial charge in [0.05, 0.1) is 11.8 Å². The van der Waals surface area contributed by atoms with Crippen molar-refractivity contribution in [1.29, 1.82) is 0 Å². The van der Waals surface area contributed by atoms with Gasteiger partial charge in [-0.15, -0.1) is 0 Å². The van der Waals surface area contributed by atoms with E-state index in [4.69, 9.17) is 0 Å². The average Bonchev–Trinajstić information content (AvgIpc) is 2.65. The Morgan fingerprint density at radius 3 is 2.50 bits per heavy atom. The molecule has 0 aliphatic rings. The van der Waals surface area contributed by atoms with E-state index >= 15 is 0 Å². The Kier molecular flexibility index (Phi) is 2.14. The van der Waals surface area contributed by atoms with Crippen LogP contribution in [0.25, 0.3) is 0 Å². The summed E-state index contributed by atoms with van der Waals surface area (Å²) in [4.78, 5) is 11.8. The second-order valence-corrected chi connectivity index (χ2v) is 3.10. The van der Waals surface area contributed by atoms with Gasteiger partial charge in [-0.2, -0.15) is 5.10 Å². The summed E-state index contributed by atoms with van der Waals surface area (Å²) in [6, 6.07) is 9.19. The van der Waals surface area contributed by atoms with E-state index < -0.39 is 0 Å². The zero-order valence-corrected chi connectivity index (χ0v) is 7.84. The minimum Gasteiger partial charge on any atom is -0.288 e. The number of hydrogen-bond acceptors (Lipinski definition) is 2. The monoisotopic (exact) mass is 186 g/mol. The molecule has 0 bridgehead atoms. The Hall–Kier alpha value is -1.90. The highest BCUT2D eigenvalue weighted by Crippen LogP contribution is 2.07. The van der Waals surface area contributed by atoms with Gasteiger partial charge in [0.2, 0.25) is 0 Å². The molecule has 0 atom stereocenters. The molecule has 1 heterocycles. The van der Waals surface area contributed by atoms with Crippen LogP contribution in [0.4, 0.5) is 0 Å². The van der Waals surface area contributed by atoms with Crippen LogP contribution in [-0.2, 0) is 7.05 Å². The quantitative estimate of drug-likeness (QED) is 0.668. The van der Waals surface area contributed by atoms with Crippen LogP contribution in [-0.4, -0.2) is 15.6 Å². The summed E-state index contributed by atoms with van der Waals surface area (Å²) in [5.41, 5.74) is 1.32. The summed E-state index contributed by atoms with van der Waals surface area (Å²) >= 11 is 0. The minimum atomic E-state index is 0.0127. The second kappa shape index (κ2) is 3.46. The smallest absolute Gasteiger partial charge is 0.196 e. The molecule has 0 amide bonds. The molecule has 70 valence electrons. The molecule has 0 fully saturated rings. The fraction of sp³-hybridized carbons (Fsp3) is 0.0909.